The minimum atomic E-state index is -0.973. The number of fused-ring (bicyclic) bond motifs is 3. The Balaban J connectivity index is 1.83. The van der Waals surface area contributed by atoms with Crippen LogP contribution in [-0.2, 0) is 6.42 Å². The van der Waals surface area contributed by atoms with Crippen LogP contribution >= 0.6 is 11.3 Å². The van der Waals surface area contributed by atoms with Crippen molar-refractivity contribution in [3.63, 3.8) is 0 Å². The molecule has 8 heteroatoms. The van der Waals surface area contributed by atoms with Crippen molar-refractivity contribution in [1.29, 1.82) is 0 Å². The van der Waals surface area contributed by atoms with E-state index in [1.165, 1.54) is 6.33 Å². The van der Waals surface area contributed by atoms with Gasteiger partial charge in [0.15, 0.2) is 0 Å². The summed E-state index contributed by atoms with van der Waals surface area (Å²) in [5.41, 5.74) is 1.84. The van der Waals surface area contributed by atoms with Gasteiger partial charge in [-0.1, -0.05) is 25.2 Å². The Hall–Kier alpha value is -2.74. The normalized spacial score (nSPS) is 13.1. The second-order valence-electron chi connectivity index (χ2n) is 6.07. The maximum absolute atomic E-state index is 11.2. The second kappa shape index (κ2) is 5.96. The van der Waals surface area contributed by atoms with Crippen molar-refractivity contribution in [2.75, 3.05) is 6.61 Å². The SMILES string of the molecule is CC(C)c1ncnn1-c1nc2c(s1)CCOc1cc(C(=O)O)ccc1-2. The third-order valence-corrected chi connectivity index (χ3v) is 5.12. The van der Waals surface area contributed by atoms with Gasteiger partial charge < -0.3 is 9.84 Å². The van der Waals surface area contributed by atoms with E-state index in [4.69, 9.17) is 9.72 Å². The molecule has 2 aromatic heterocycles. The van der Waals surface area contributed by atoms with E-state index in [0.29, 0.717) is 12.4 Å². The Morgan fingerprint density at radius 1 is 1.40 bits per heavy atom. The molecule has 1 aromatic carbocycles. The van der Waals surface area contributed by atoms with Crippen LogP contribution in [0.3, 0.4) is 0 Å². The van der Waals surface area contributed by atoms with Gasteiger partial charge in [-0.05, 0) is 18.2 Å². The van der Waals surface area contributed by atoms with Crippen molar-refractivity contribution in [3.8, 4) is 22.1 Å². The van der Waals surface area contributed by atoms with Crippen molar-refractivity contribution in [2.24, 2.45) is 0 Å². The third kappa shape index (κ3) is 2.68. The average Bonchev–Trinajstić information content (AvgIpc) is 3.18. The molecule has 0 spiro atoms. The van der Waals surface area contributed by atoms with Crippen LogP contribution < -0.4 is 4.74 Å². The number of carboxylic acid groups (broad SMARTS) is 1. The number of thiazole rings is 1. The minimum absolute atomic E-state index is 0.205. The first-order valence-electron chi connectivity index (χ1n) is 7.95. The van der Waals surface area contributed by atoms with Gasteiger partial charge >= 0.3 is 5.97 Å². The number of hydrogen-bond acceptors (Lipinski definition) is 6. The monoisotopic (exact) mass is 356 g/mol. The van der Waals surface area contributed by atoms with E-state index in [0.717, 1.165) is 33.5 Å². The van der Waals surface area contributed by atoms with Gasteiger partial charge in [0.2, 0.25) is 5.13 Å². The van der Waals surface area contributed by atoms with E-state index in [2.05, 4.69) is 23.9 Å². The molecule has 3 aromatic rings. The van der Waals surface area contributed by atoms with Gasteiger partial charge in [-0.2, -0.15) is 9.78 Å². The topological polar surface area (TPSA) is 90.1 Å². The molecule has 1 N–H and O–H groups in total. The van der Waals surface area contributed by atoms with E-state index in [1.54, 1.807) is 34.2 Å². The average molecular weight is 356 g/mol. The summed E-state index contributed by atoms with van der Waals surface area (Å²) in [4.78, 5) is 21.4. The molecular formula is C17H16N4O3S. The maximum atomic E-state index is 11.2. The molecule has 0 radical (unpaired) electrons. The summed E-state index contributed by atoms with van der Waals surface area (Å²) in [6.45, 7) is 4.62. The molecule has 1 aliphatic rings. The fraction of sp³-hybridized carbons (Fsp3) is 0.294. The van der Waals surface area contributed by atoms with Gasteiger partial charge in [-0.25, -0.2) is 14.8 Å². The maximum Gasteiger partial charge on any atom is 0.335 e. The van der Waals surface area contributed by atoms with E-state index >= 15 is 0 Å². The Bertz CT molecular complexity index is 961. The second-order valence-corrected chi connectivity index (χ2v) is 7.13. The summed E-state index contributed by atoms with van der Waals surface area (Å²) in [6, 6.07) is 4.89. The highest BCUT2D eigenvalue weighted by atomic mass is 32.1. The van der Waals surface area contributed by atoms with E-state index in [-0.39, 0.29) is 11.5 Å². The molecule has 0 bridgehead atoms. The standard InChI is InChI=1S/C17H16N4O3S/c1-9(2)15-18-8-19-21(15)17-20-14-11-4-3-10(16(22)23)7-12(11)24-6-5-13(14)25-17/h3-4,7-9H,5-6H2,1-2H3,(H,22,23). The lowest BCUT2D eigenvalue weighted by molar-refractivity contribution is 0.0696. The molecule has 0 unspecified atom stereocenters. The van der Waals surface area contributed by atoms with Crippen LogP contribution in [0.15, 0.2) is 24.5 Å². The number of rotatable bonds is 3. The van der Waals surface area contributed by atoms with Crippen molar-refractivity contribution >= 4 is 17.3 Å². The number of aromatic nitrogens is 4. The lowest BCUT2D eigenvalue weighted by Gasteiger charge is -2.08. The van der Waals surface area contributed by atoms with Crippen LogP contribution in [0.25, 0.3) is 16.4 Å². The molecular weight excluding hydrogens is 340 g/mol. The Morgan fingerprint density at radius 2 is 2.24 bits per heavy atom. The summed E-state index contributed by atoms with van der Waals surface area (Å²) >= 11 is 1.57. The fourth-order valence-electron chi connectivity index (χ4n) is 2.83. The summed E-state index contributed by atoms with van der Waals surface area (Å²) < 4.78 is 7.52. The zero-order valence-electron chi connectivity index (χ0n) is 13.8. The molecule has 0 atom stereocenters. The summed E-state index contributed by atoms with van der Waals surface area (Å²) in [7, 11) is 0. The summed E-state index contributed by atoms with van der Waals surface area (Å²) in [5, 5.41) is 14.3. The number of nitrogens with zero attached hydrogens (tertiary/aromatic N) is 4. The van der Waals surface area contributed by atoms with Gasteiger partial charge in [0.1, 0.15) is 17.9 Å². The van der Waals surface area contributed by atoms with Crippen molar-refractivity contribution in [2.45, 2.75) is 26.2 Å². The molecule has 0 aliphatic carbocycles. The number of ether oxygens (including phenoxy) is 1. The highest BCUT2D eigenvalue weighted by Gasteiger charge is 2.23. The Morgan fingerprint density at radius 3 is 3.00 bits per heavy atom. The molecule has 128 valence electrons. The predicted molar refractivity (Wildman–Crippen MR) is 92.7 cm³/mol. The highest BCUT2D eigenvalue weighted by molar-refractivity contribution is 7.14. The predicted octanol–water partition coefficient (Wildman–Crippen LogP) is 3.15. The van der Waals surface area contributed by atoms with Crippen LogP contribution in [0.2, 0.25) is 0 Å². The zero-order chi connectivity index (χ0) is 17.6. The van der Waals surface area contributed by atoms with Crippen molar-refractivity contribution in [1.82, 2.24) is 19.7 Å². The summed E-state index contributed by atoms with van der Waals surface area (Å²) in [6.07, 6.45) is 2.26. The molecule has 0 fully saturated rings. The van der Waals surface area contributed by atoms with Gasteiger partial charge in [-0.3, -0.25) is 0 Å². The highest BCUT2D eigenvalue weighted by Crippen LogP contribution is 2.39. The first-order valence-corrected chi connectivity index (χ1v) is 8.76. The largest absolute Gasteiger partial charge is 0.492 e. The van der Waals surface area contributed by atoms with Crippen LogP contribution in [0.5, 0.6) is 5.75 Å². The molecule has 0 saturated carbocycles. The fourth-order valence-corrected chi connectivity index (χ4v) is 3.85. The van der Waals surface area contributed by atoms with Crippen LogP contribution in [0.1, 0.15) is 40.8 Å². The first-order chi connectivity index (χ1) is 12.0. The Labute approximate surface area is 147 Å². The molecule has 25 heavy (non-hydrogen) atoms. The van der Waals surface area contributed by atoms with Gasteiger partial charge in [0, 0.05) is 22.8 Å². The zero-order valence-corrected chi connectivity index (χ0v) is 14.6. The quantitative estimate of drug-likeness (QED) is 0.775. The minimum Gasteiger partial charge on any atom is -0.492 e. The number of aromatic carboxylic acids is 1. The molecule has 4 rings (SSSR count). The molecule has 1 aliphatic heterocycles. The molecule has 7 nitrogen and oxygen atoms in total. The molecule has 0 amide bonds. The Kier molecular flexibility index (Phi) is 3.76. The molecule has 3 heterocycles. The van der Waals surface area contributed by atoms with Crippen LogP contribution in [0.4, 0.5) is 0 Å². The smallest absolute Gasteiger partial charge is 0.335 e. The van der Waals surface area contributed by atoms with E-state index in [9.17, 15) is 9.90 Å². The van der Waals surface area contributed by atoms with Crippen molar-refractivity contribution < 1.29 is 14.6 Å². The number of benzene rings is 1. The van der Waals surface area contributed by atoms with E-state index < -0.39 is 5.97 Å². The van der Waals surface area contributed by atoms with Gasteiger partial charge in [-0.15, -0.1) is 0 Å². The van der Waals surface area contributed by atoms with E-state index in [1.807, 2.05) is 0 Å². The summed E-state index contributed by atoms with van der Waals surface area (Å²) in [5.74, 6) is 0.679. The first kappa shape index (κ1) is 15.8. The third-order valence-electron chi connectivity index (χ3n) is 4.03. The lowest BCUT2D eigenvalue weighted by atomic mass is 10.1. The lowest BCUT2D eigenvalue weighted by Crippen LogP contribution is -2.04. The number of carbonyl (C=O) groups is 1. The van der Waals surface area contributed by atoms with Crippen LogP contribution in [0, 0.1) is 0 Å². The number of carboxylic acids is 1. The van der Waals surface area contributed by atoms with Crippen molar-refractivity contribution in [3.05, 3.63) is 40.8 Å². The van der Waals surface area contributed by atoms with Gasteiger partial charge in [0.05, 0.1) is 17.9 Å². The van der Waals surface area contributed by atoms with Crippen LogP contribution in [-0.4, -0.2) is 37.4 Å². The van der Waals surface area contributed by atoms with Gasteiger partial charge in [0.25, 0.3) is 0 Å². The number of hydrogen-bond donors (Lipinski definition) is 1. The molecule has 0 saturated heterocycles.